The molecule has 2 aromatic carbocycles. The summed E-state index contributed by atoms with van der Waals surface area (Å²) in [5.41, 5.74) is 2.59. The predicted molar refractivity (Wildman–Crippen MR) is 76.3 cm³/mol. The van der Waals surface area contributed by atoms with Gasteiger partial charge < -0.3 is 0 Å². The second-order valence-electron chi connectivity index (χ2n) is 4.55. The molecule has 0 nitrogen and oxygen atoms in total. The summed E-state index contributed by atoms with van der Waals surface area (Å²) in [5, 5.41) is 0. The number of benzene rings is 2. The normalized spacial score (nSPS) is 9.83. The van der Waals surface area contributed by atoms with Crippen molar-refractivity contribution in [1.29, 1.82) is 0 Å². The summed E-state index contributed by atoms with van der Waals surface area (Å²) in [6, 6.07) is 17.1. The summed E-state index contributed by atoms with van der Waals surface area (Å²) in [6.07, 6.45) is 1.14. The SMILES string of the molecule is CC(C)c1ccc(F)cc1.CCc1ccccc1. The third-order valence-electron chi connectivity index (χ3n) is 2.79. The fraction of sp³-hybridized carbons (Fsp3) is 0.294. The summed E-state index contributed by atoms with van der Waals surface area (Å²) in [7, 11) is 0. The molecule has 0 N–H and O–H groups in total. The van der Waals surface area contributed by atoms with Gasteiger partial charge in [0.15, 0.2) is 0 Å². The summed E-state index contributed by atoms with van der Waals surface area (Å²) in [6.45, 7) is 6.34. The molecule has 0 heterocycles. The van der Waals surface area contributed by atoms with Gasteiger partial charge in [-0.15, -0.1) is 0 Å². The van der Waals surface area contributed by atoms with Gasteiger partial charge in [-0.05, 0) is 35.6 Å². The topological polar surface area (TPSA) is 0 Å². The molecule has 18 heavy (non-hydrogen) atoms. The highest BCUT2D eigenvalue weighted by molar-refractivity contribution is 5.18. The minimum absolute atomic E-state index is 0.163. The summed E-state index contributed by atoms with van der Waals surface area (Å²) in [5.74, 6) is 0.324. The van der Waals surface area contributed by atoms with E-state index in [0.717, 1.165) is 6.42 Å². The maximum atomic E-state index is 12.4. The van der Waals surface area contributed by atoms with E-state index >= 15 is 0 Å². The van der Waals surface area contributed by atoms with E-state index in [1.165, 1.54) is 23.3 Å². The van der Waals surface area contributed by atoms with Crippen LogP contribution in [0.3, 0.4) is 0 Å². The lowest BCUT2D eigenvalue weighted by molar-refractivity contribution is 0.626. The van der Waals surface area contributed by atoms with Crippen LogP contribution in [0.15, 0.2) is 54.6 Å². The van der Waals surface area contributed by atoms with E-state index in [1.54, 1.807) is 0 Å². The Morgan fingerprint density at radius 1 is 0.889 bits per heavy atom. The molecule has 0 radical (unpaired) electrons. The highest BCUT2D eigenvalue weighted by Crippen LogP contribution is 2.13. The van der Waals surface area contributed by atoms with Gasteiger partial charge in [0.25, 0.3) is 0 Å². The van der Waals surface area contributed by atoms with E-state index in [1.807, 2.05) is 18.2 Å². The van der Waals surface area contributed by atoms with E-state index in [4.69, 9.17) is 0 Å². The Balaban J connectivity index is 0.000000184. The van der Waals surface area contributed by atoms with Crippen molar-refractivity contribution in [3.05, 3.63) is 71.5 Å². The molecule has 0 atom stereocenters. The largest absolute Gasteiger partial charge is 0.207 e. The fourth-order valence-electron chi connectivity index (χ4n) is 1.56. The lowest BCUT2D eigenvalue weighted by Crippen LogP contribution is -1.85. The lowest BCUT2D eigenvalue weighted by atomic mass is 10.0. The Labute approximate surface area is 109 Å². The van der Waals surface area contributed by atoms with Crippen LogP contribution in [-0.4, -0.2) is 0 Å². The van der Waals surface area contributed by atoms with Crippen LogP contribution in [0.4, 0.5) is 4.39 Å². The number of rotatable bonds is 2. The Bertz CT molecular complexity index is 429. The number of halogens is 1. The first-order chi connectivity index (χ1) is 8.63. The van der Waals surface area contributed by atoms with Gasteiger partial charge in [-0.25, -0.2) is 4.39 Å². The van der Waals surface area contributed by atoms with Crippen molar-refractivity contribution >= 4 is 0 Å². The van der Waals surface area contributed by atoms with Crippen LogP contribution in [0.2, 0.25) is 0 Å². The molecule has 2 aromatic rings. The van der Waals surface area contributed by atoms with Gasteiger partial charge in [-0.1, -0.05) is 63.2 Å². The monoisotopic (exact) mass is 244 g/mol. The minimum atomic E-state index is -0.163. The van der Waals surface area contributed by atoms with E-state index in [0.29, 0.717) is 5.92 Å². The summed E-state index contributed by atoms with van der Waals surface area (Å²) in [4.78, 5) is 0. The quantitative estimate of drug-likeness (QED) is 0.681. The lowest BCUT2D eigenvalue weighted by Gasteiger charge is -2.02. The first-order valence-electron chi connectivity index (χ1n) is 6.43. The van der Waals surface area contributed by atoms with Crippen molar-refractivity contribution in [2.75, 3.05) is 0 Å². The zero-order valence-corrected chi connectivity index (χ0v) is 11.4. The zero-order chi connectivity index (χ0) is 13.4. The van der Waals surface area contributed by atoms with Gasteiger partial charge >= 0.3 is 0 Å². The van der Waals surface area contributed by atoms with Crippen LogP contribution < -0.4 is 0 Å². The maximum absolute atomic E-state index is 12.4. The minimum Gasteiger partial charge on any atom is -0.207 e. The van der Waals surface area contributed by atoms with E-state index in [9.17, 15) is 4.39 Å². The Kier molecular flexibility index (Phi) is 6.13. The van der Waals surface area contributed by atoms with Crippen LogP contribution in [-0.2, 0) is 6.42 Å². The third kappa shape index (κ3) is 5.13. The highest BCUT2D eigenvalue weighted by Gasteiger charge is 1.96. The molecule has 0 aromatic heterocycles. The predicted octanol–water partition coefficient (Wildman–Crippen LogP) is 5.20. The molecular formula is C17H21F. The third-order valence-corrected chi connectivity index (χ3v) is 2.79. The van der Waals surface area contributed by atoms with E-state index in [-0.39, 0.29) is 5.82 Å². The molecule has 0 saturated heterocycles. The second kappa shape index (κ2) is 7.65. The Hall–Kier alpha value is -1.63. The van der Waals surface area contributed by atoms with Crippen molar-refractivity contribution < 1.29 is 4.39 Å². The molecule has 0 spiro atoms. The van der Waals surface area contributed by atoms with Gasteiger partial charge in [0.05, 0.1) is 0 Å². The van der Waals surface area contributed by atoms with Crippen molar-refractivity contribution in [1.82, 2.24) is 0 Å². The molecule has 96 valence electrons. The first kappa shape index (κ1) is 14.4. The van der Waals surface area contributed by atoms with Crippen molar-refractivity contribution in [3.8, 4) is 0 Å². The molecule has 0 aliphatic rings. The van der Waals surface area contributed by atoms with Crippen LogP contribution in [0.1, 0.15) is 37.8 Å². The maximum Gasteiger partial charge on any atom is 0.123 e. The molecular weight excluding hydrogens is 223 g/mol. The van der Waals surface area contributed by atoms with Crippen molar-refractivity contribution in [3.63, 3.8) is 0 Å². The van der Waals surface area contributed by atoms with Crippen molar-refractivity contribution in [2.45, 2.75) is 33.1 Å². The molecule has 1 heteroatoms. The molecule has 0 unspecified atom stereocenters. The van der Waals surface area contributed by atoms with Gasteiger partial charge in [-0.3, -0.25) is 0 Å². The standard InChI is InChI=1S/C9H11F.C8H10/c1-7(2)8-3-5-9(10)6-4-8;1-2-8-6-4-3-5-7-8/h3-7H,1-2H3;3-7H,2H2,1H3. The van der Waals surface area contributed by atoms with Crippen LogP contribution in [0.25, 0.3) is 0 Å². The average molecular weight is 244 g/mol. The fourth-order valence-corrected chi connectivity index (χ4v) is 1.56. The zero-order valence-electron chi connectivity index (χ0n) is 11.4. The number of hydrogen-bond donors (Lipinski definition) is 0. The van der Waals surface area contributed by atoms with Crippen LogP contribution in [0, 0.1) is 5.82 Å². The summed E-state index contributed by atoms with van der Waals surface area (Å²) >= 11 is 0. The molecule has 0 saturated carbocycles. The average Bonchev–Trinajstić information content (AvgIpc) is 2.41. The van der Waals surface area contributed by atoms with Crippen LogP contribution >= 0.6 is 0 Å². The van der Waals surface area contributed by atoms with Crippen molar-refractivity contribution in [2.24, 2.45) is 0 Å². The van der Waals surface area contributed by atoms with Gasteiger partial charge in [0, 0.05) is 0 Å². The molecule has 0 aliphatic heterocycles. The molecule has 0 amide bonds. The Morgan fingerprint density at radius 3 is 1.83 bits per heavy atom. The van der Waals surface area contributed by atoms with Crippen LogP contribution in [0.5, 0.6) is 0 Å². The smallest absolute Gasteiger partial charge is 0.123 e. The highest BCUT2D eigenvalue weighted by atomic mass is 19.1. The van der Waals surface area contributed by atoms with E-state index < -0.39 is 0 Å². The number of aryl methyl sites for hydroxylation is 1. The van der Waals surface area contributed by atoms with Gasteiger partial charge in [0.2, 0.25) is 0 Å². The Morgan fingerprint density at radius 2 is 1.44 bits per heavy atom. The molecule has 0 bridgehead atoms. The molecule has 0 aliphatic carbocycles. The first-order valence-corrected chi connectivity index (χ1v) is 6.43. The number of hydrogen-bond acceptors (Lipinski definition) is 0. The molecule has 0 fully saturated rings. The second-order valence-corrected chi connectivity index (χ2v) is 4.55. The van der Waals surface area contributed by atoms with Gasteiger partial charge in [0.1, 0.15) is 5.82 Å². The molecule has 2 rings (SSSR count). The van der Waals surface area contributed by atoms with E-state index in [2.05, 4.69) is 45.0 Å². The van der Waals surface area contributed by atoms with Gasteiger partial charge in [-0.2, -0.15) is 0 Å². The summed E-state index contributed by atoms with van der Waals surface area (Å²) < 4.78 is 12.4.